The van der Waals surface area contributed by atoms with Crippen LogP contribution in [0.5, 0.6) is 0 Å². The van der Waals surface area contributed by atoms with Crippen molar-refractivity contribution in [2.24, 2.45) is 71.0 Å². The molecule has 16 atom stereocenters. The van der Waals surface area contributed by atoms with Crippen LogP contribution in [0.3, 0.4) is 0 Å². The van der Waals surface area contributed by atoms with Gasteiger partial charge in [0.1, 0.15) is 0 Å². The Morgan fingerprint density at radius 1 is 0.317 bits per heavy atom. The van der Waals surface area contributed by atoms with Gasteiger partial charge in [0, 0.05) is 69.4 Å². The second kappa shape index (κ2) is 11.6. The van der Waals surface area contributed by atoms with E-state index in [0.29, 0.717) is 71.0 Å². The summed E-state index contributed by atoms with van der Waals surface area (Å²) in [6, 6.07) is 10.2. The maximum atomic E-state index is 5.85. The molecule has 4 saturated heterocycles. The third-order valence-corrected chi connectivity index (χ3v) is 23.7. The second-order valence-electron chi connectivity index (χ2n) is 20.8. The van der Waals surface area contributed by atoms with Crippen molar-refractivity contribution >= 4 is 91.4 Å². The van der Waals surface area contributed by atoms with E-state index in [4.69, 9.17) is 9.97 Å². The van der Waals surface area contributed by atoms with Crippen molar-refractivity contribution in [3.63, 3.8) is 0 Å². The lowest BCUT2D eigenvalue weighted by molar-refractivity contribution is 0.306. The molecule has 4 fully saturated rings. The average Bonchev–Trinajstić information content (AvgIpc) is 4.14. The molecule has 0 aromatic carbocycles. The topological polar surface area (TPSA) is 57.4 Å². The first-order chi connectivity index (χ1) is 29.7. The summed E-state index contributed by atoms with van der Waals surface area (Å²) in [6.45, 7) is 0. The average molecular weight is 855 g/mol. The molecule has 21 rings (SSSR count). The lowest BCUT2D eigenvalue weighted by atomic mass is 9.60. The van der Waals surface area contributed by atoms with Gasteiger partial charge in [-0.25, -0.2) is 9.97 Å². The fourth-order valence-electron chi connectivity index (χ4n) is 16.4. The van der Waals surface area contributed by atoms with E-state index in [2.05, 4.69) is 130 Å². The Hall–Kier alpha value is -3.04. The third-order valence-electron chi connectivity index (χ3n) is 18.7. The van der Waals surface area contributed by atoms with Crippen LogP contribution in [0.4, 0.5) is 0 Å². The normalized spacial score (nSPS) is 42.8. The van der Waals surface area contributed by atoms with E-state index in [1.165, 1.54) is 113 Å². The Kier molecular flexibility index (Phi) is 6.45. The van der Waals surface area contributed by atoms with Gasteiger partial charge in [-0.1, -0.05) is 48.6 Å². The molecule has 4 nitrogen and oxygen atoms in total. The molecular weight excluding hydrogens is 809 g/mol. The lowest BCUT2D eigenvalue weighted by Crippen LogP contribution is -2.36. The van der Waals surface area contributed by atoms with Crippen molar-refractivity contribution in [1.29, 1.82) is 0 Å². The fraction of sp³-hybridized carbons (Fsp3) is 0.462. The van der Waals surface area contributed by atoms with E-state index in [0.717, 1.165) is 23.7 Å². The minimum Gasteiger partial charge on any atom is -0.355 e. The summed E-state index contributed by atoms with van der Waals surface area (Å²) < 4.78 is 0. The predicted molar refractivity (Wildman–Crippen MR) is 253 cm³/mol. The number of hydrogen-bond donors (Lipinski definition) is 2. The molecule has 18 aliphatic rings. The summed E-state index contributed by atoms with van der Waals surface area (Å²) in [5, 5.41) is 0. The number of allylic oxidation sites excluding steroid dienone is 12. The number of rotatable bonds is 0. The number of H-pyrrole nitrogens is 2. The molecule has 12 aliphatic carbocycles. The molecule has 16 bridgehead atoms. The van der Waals surface area contributed by atoms with Crippen LogP contribution in [0.25, 0.3) is 44.4 Å². The van der Waals surface area contributed by atoms with Crippen LogP contribution in [-0.2, 0) is 0 Å². The molecule has 0 radical (unpaired) electrons. The fourth-order valence-corrected chi connectivity index (χ4v) is 22.7. The molecule has 0 spiro atoms. The van der Waals surface area contributed by atoms with Gasteiger partial charge in [-0.3, -0.25) is 0 Å². The number of aromatic amines is 2. The summed E-state index contributed by atoms with van der Waals surface area (Å²) in [5.74, 6) is 19.7. The molecule has 2 N–H and O–H groups in total. The van der Waals surface area contributed by atoms with Gasteiger partial charge in [0.05, 0.1) is 22.8 Å². The molecule has 8 heteroatoms. The molecule has 60 heavy (non-hydrogen) atoms. The van der Waals surface area contributed by atoms with Gasteiger partial charge in [0.15, 0.2) is 0 Å². The Morgan fingerprint density at radius 3 is 0.883 bits per heavy atom. The summed E-state index contributed by atoms with van der Waals surface area (Å²) in [6.07, 6.45) is 20.8. The highest BCUT2D eigenvalue weighted by Crippen LogP contribution is 2.64. The van der Waals surface area contributed by atoms with Crippen LogP contribution >= 0.6 is 47.0 Å². The van der Waals surface area contributed by atoms with Crippen LogP contribution in [0.2, 0.25) is 0 Å². The maximum Gasteiger partial charge on any atom is 0.0700 e. The smallest absolute Gasteiger partial charge is 0.0700 e. The van der Waals surface area contributed by atoms with Crippen molar-refractivity contribution in [1.82, 2.24) is 19.9 Å². The van der Waals surface area contributed by atoms with Gasteiger partial charge in [-0.15, -0.1) is 0 Å². The molecule has 3 aromatic rings. The first kappa shape index (κ1) is 33.5. The van der Waals surface area contributed by atoms with E-state index >= 15 is 0 Å². The molecule has 16 unspecified atom stereocenters. The van der Waals surface area contributed by atoms with E-state index in [9.17, 15) is 0 Å². The molecule has 0 saturated carbocycles. The monoisotopic (exact) mass is 854 g/mol. The first-order valence-corrected chi connectivity index (χ1v) is 27.7. The lowest BCUT2D eigenvalue weighted by Gasteiger charge is -2.43. The zero-order chi connectivity index (χ0) is 38.3. The number of thioether (sulfide) groups is 4. The van der Waals surface area contributed by atoms with Gasteiger partial charge in [-0.2, -0.15) is 47.0 Å². The molecule has 6 aliphatic heterocycles. The Bertz CT molecular complexity index is 2750. The number of hydrogen-bond acceptors (Lipinski definition) is 6. The van der Waals surface area contributed by atoms with E-state index < -0.39 is 0 Å². The Labute approximate surface area is 367 Å². The van der Waals surface area contributed by atoms with Gasteiger partial charge < -0.3 is 9.97 Å². The minimum absolute atomic E-state index is 0.443. The highest BCUT2D eigenvalue weighted by molar-refractivity contribution is 8.00. The van der Waals surface area contributed by atoms with Crippen LogP contribution in [0, 0.1) is 71.0 Å². The summed E-state index contributed by atoms with van der Waals surface area (Å²) in [7, 11) is 0. The van der Waals surface area contributed by atoms with Gasteiger partial charge in [0.2, 0.25) is 0 Å². The SMILES string of the molecule is C1=CC2C3=C(c4cc5nc(cc6[nH]c(cc7[nH]c(cc3n4)c3c7C4C=CC3C3CSCC43)c3c6C4C=CC3C3CSCC43)C3=C5C4C=CC3C3CSCC43)C1C1CSCC21. The van der Waals surface area contributed by atoms with E-state index in [1.54, 1.807) is 22.3 Å². The van der Waals surface area contributed by atoms with Gasteiger partial charge in [-0.05, 0) is 162 Å². The second-order valence-corrected chi connectivity index (χ2v) is 25.1. The Morgan fingerprint density at radius 2 is 0.567 bits per heavy atom. The number of fused-ring (bicyclic) bond motifs is 8. The Balaban J connectivity index is 1.01. The third kappa shape index (κ3) is 3.96. The van der Waals surface area contributed by atoms with Crippen molar-refractivity contribution < 1.29 is 0 Å². The van der Waals surface area contributed by atoms with Crippen LogP contribution in [0.15, 0.2) is 72.9 Å². The van der Waals surface area contributed by atoms with E-state index in [-0.39, 0.29) is 0 Å². The molecule has 3 aromatic heterocycles. The predicted octanol–water partition coefficient (Wildman–Crippen LogP) is 11.2. The zero-order valence-electron chi connectivity index (χ0n) is 33.4. The van der Waals surface area contributed by atoms with Crippen molar-refractivity contribution in [3.8, 4) is 0 Å². The standard InChI is InChI=1S/C52H46N4S4/c1-2-22-30-14-57-13-29(30)21(1)45-37-9-39-47-23-3-4-25(33-17-58-15-31(23)33)49(47)41(54-39)11-43-51-27-7-8-28(36-20-60-19-35(27)36)52(51)44(56-43)12-42-50-26-6-5-24(32-16-59-18-34(26)32)48(50)40(55-42)10-38(53-37)46(22)45/h1-12,21-36,53-54H,13-20H2. The largest absolute Gasteiger partial charge is 0.355 e. The molecular formula is C52H46N4S4. The van der Waals surface area contributed by atoms with Crippen molar-refractivity contribution in [2.75, 3.05) is 46.0 Å². The van der Waals surface area contributed by atoms with E-state index in [1.807, 2.05) is 0 Å². The van der Waals surface area contributed by atoms with Crippen LogP contribution < -0.4 is 0 Å². The first-order valence-electron chi connectivity index (χ1n) is 23.1. The van der Waals surface area contributed by atoms with Gasteiger partial charge >= 0.3 is 0 Å². The highest BCUT2D eigenvalue weighted by Gasteiger charge is 2.54. The van der Waals surface area contributed by atoms with Crippen LogP contribution in [0.1, 0.15) is 68.7 Å². The molecule has 0 amide bonds. The maximum absolute atomic E-state index is 5.85. The number of nitrogens with zero attached hydrogens (tertiary/aromatic N) is 2. The summed E-state index contributed by atoms with van der Waals surface area (Å²) >= 11 is 8.78. The minimum atomic E-state index is 0.443. The zero-order valence-corrected chi connectivity index (χ0v) is 36.6. The van der Waals surface area contributed by atoms with Crippen LogP contribution in [-0.4, -0.2) is 66.0 Å². The summed E-state index contributed by atoms with van der Waals surface area (Å²) in [4.78, 5) is 20.2. The number of nitrogens with one attached hydrogen (secondary N) is 2. The number of aromatic nitrogens is 4. The van der Waals surface area contributed by atoms with Crippen molar-refractivity contribution in [3.05, 3.63) is 118 Å². The molecule has 298 valence electrons. The van der Waals surface area contributed by atoms with Crippen molar-refractivity contribution in [2.45, 2.75) is 23.7 Å². The summed E-state index contributed by atoms with van der Waals surface area (Å²) in [5.41, 5.74) is 22.7. The van der Waals surface area contributed by atoms with Gasteiger partial charge in [0.25, 0.3) is 0 Å². The molecule has 9 heterocycles. The quantitative estimate of drug-likeness (QED) is 0.220. The highest BCUT2D eigenvalue weighted by atomic mass is 32.2.